The van der Waals surface area contributed by atoms with Gasteiger partial charge < -0.3 is 19.3 Å². The third-order valence-corrected chi connectivity index (χ3v) is 3.99. The van der Waals surface area contributed by atoms with Gasteiger partial charge in [-0.3, -0.25) is 0 Å². The molecule has 0 amide bonds. The average molecular weight is 433 g/mol. The summed E-state index contributed by atoms with van der Waals surface area (Å²) in [6, 6.07) is 7.48. The lowest BCUT2D eigenvalue weighted by Gasteiger charge is -2.18. The fraction of sp³-hybridized carbons (Fsp3) is 0.263. The number of alkyl halides is 3. The van der Waals surface area contributed by atoms with E-state index in [0.717, 1.165) is 6.07 Å². The van der Waals surface area contributed by atoms with E-state index in [-0.39, 0.29) is 23.9 Å². The van der Waals surface area contributed by atoms with Crippen molar-refractivity contribution in [1.29, 1.82) is 0 Å². The van der Waals surface area contributed by atoms with E-state index in [0.29, 0.717) is 6.07 Å². The normalized spacial score (nSPS) is 12.2. The summed E-state index contributed by atoms with van der Waals surface area (Å²) in [5, 5.41) is 8.45. The number of carbonyl (C=O) groups is 2. The Morgan fingerprint density at radius 3 is 2.28 bits per heavy atom. The highest BCUT2D eigenvalue weighted by Crippen LogP contribution is 2.42. The van der Waals surface area contributed by atoms with Crippen LogP contribution in [0, 0.1) is 0 Å². The van der Waals surface area contributed by atoms with Crippen LogP contribution in [0.3, 0.4) is 0 Å². The molecule has 0 saturated carbocycles. The molecule has 156 valence electrons. The molecule has 0 spiro atoms. The van der Waals surface area contributed by atoms with Gasteiger partial charge in [0.05, 0.1) is 22.8 Å². The molecule has 0 radical (unpaired) electrons. The predicted octanol–water partition coefficient (Wildman–Crippen LogP) is 5.18. The zero-order valence-corrected chi connectivity index (χ0v) is 16.0. The average Bonchev–Trinajstić information content (AvgIpc) is 2.63. The molecule has 0 aliphatic carbocycles. The number of para-hydroxylation sites is 2. The minimum absolute atomic E-state index is 0.0154. The second-order valence-corrected chi connectivity index (χ2v) is 6.04. The molecule has 2 rings (SSSR count). The van der Waals surface area contributed by atoms with Crippen molar-refractivity contribution in [3.05, 3.63) is 52.5 Å². The summed E-state index contributed by atoms with van der Waals surface area (Å²) in [5.41, 5.74) is -2.53. The molecule has 0 fully saturated rings. The van der Waals surface area contributed by atoms with Crippen LogP contribution in [-0.4, -0.2) is 29.8 Å². The molecule has 29 heavy (non-hydrogen) atoms. The van der Waals surface area contributed by atoms with Gasteiger partial charge in [-0.2, -0.15) is 13.2 Å². The van der Waals surface area contributed by atoms with Crippen LogP contribution in [0.15, 0.2) is 36.4 Å². The Labute approximate surface area is 168 Å². The Hall–Kier alpha value is -2.94. The van der Waals surface area contributed by atoms with Crippen molar-refractivity contribution >= 4 is 23.5 Å². The van der Waals surface area contributed by atoms with Gasteiger partial charge in [0.25, 0.3) is 0 Å². The van der Waals surface area contributed by atoms with Gasteiger partial charge in [0.1, 0.15) is 5.75 Å². The summed E-state index contributed by atoms with van der Waals surface area (Å²) in [6.45, 7) is 3.24. The molecule has 0 saturated heterocycles. The highest BCUT2D eigenvalue weighted by molar-refractivity contribution is 6.35. The molecule has 1 N–H and O–H groups in total. The number of halogens is 4. The van der Waals surface area contributed by atoms with Gasteiger partial charge in [-0.15, -0.1) is 0 Å². The molecule has 1 atom stereocenters. The Morgan fingerprint density at radius 2 is 1.72 bits per heavy atom. The van der Waals surface area contributed by atoms with E-state index in [1.807, 2.05) is 0 Å². The molecule has 10 heteroatoms. The molecule has 0 heterocycles. The summed E-state index contributed by atoms with van der Waals surface area (Å²) in [4.78, 5) is 23.1. The lowest BCUT2D eigenvalue weighted by atomic mass is 10.1. The van der Waals surface area contributed by atoms with Crippen LogP contribution in [-0.2, 0) is 15.7 Å². The fourth-order valence-corrected chi connectivity index (χ4v) is 2.61. The van der Waals surface area contributed by atoms with Gasteiger partial charge in [0.2, 0.25) is 0 Å². The second-order valence-electron chi connectivity index (χ2n) is 5.66. The van der Waals surface area contributed by atoms with Crippen LogP contribution < -0.4 is 9.47 Å². The second kappa shape index (κ2) is 9.04. The molecule has 0 aliphatic heterocycles. The topological polar surface area (TPSA) is 82.1 Å². The first-order valence-electron chi connectivity index (χ1n) is 8.29. The number of hydrogen-bond acceptors (Lipinski definition) is 5. The van der Waals surface area contributed by atoms with Crippen LogP contribution in [0.1, 0.15) is 29.8 Å². The number of benzene rings is 2. The molecular weight excluding hydrogens is 417 g/mol. The van der Waals surface area contributed by atoms with E-state index in [2.05, 4.69) is 0 Å². The first-order valence-corrected chi connectivity index (χ1v) is 8.67. The van der Waals surface area contributed by atoms with Crippen LogP contribution in [0.25, 0.3) is 0 Å². The quantitative estimate of drug-likeness (QED) is 0.607. The number of hydrogen-bond donors (Lipinski definition) is 1. The van der Waals surface area contributed by atoms with Crippen LogP contribution >= 0.6 is 11.6 Å². The first-order chi connectivity index (χ1) is 13.6. The first kappa shape index (κ1) is 22.4. The maximum absolute atomic E-state index is 13.1. The van der Waals surface area contributed by atoms with Gasteiger partial charge in [0, 0.05) is 0 Å². The number of carboxylic acid groups (broad SMARTS) is 1. The Morgan fingerprint density at radius 1 is 1.10 bits per heavy atom. The molecule has 1 unspecified atom stereocenters. The van der Waals surface area contributed by atoms with Crippen molar-refractivity contribution < 1.29 is 42.1 Å². The van der Waals surface area contributed by atoms with E-state index < -0.39 is 40.4 Å². The minimum atomic E-state index is -4.91. The third-order valence-electron chi connectivity index (χ3n) is 3.62. The van der Waals surface area contributed by atoms with Crippen molar-refractivity contribution in [2.24, 2.45) is 0 Å². The van der Waals surface area contributed by atoms with E-state index in [9.17, 15) is 22.8 Å². The van der Waals surface area contributed by atoms with E-state index in [1.54, 1.807) is 19.1 Å². The Kier molecular flexibility index (Phi) is 6.97. The summed E-state index contributed by atoms with van der Waals surface area (Å²) < 4.78 is 55.0. The Bertz CT molecular complexity index is 913. The van der Waals surface area contributed by atoms with Gasteiger partial charge in [-0.05, 0) is 38.1 Å². The summed E-state index contributed by atoms with van der Waals surface area (Å²) in [5.74, 6) is -2.70. The van der Waals surface area contributed by atoms with E-state index in [1.165, 1.54) is 19.1 Å². The monoisotopic (exact) mass is 432 g/mol. The lowest BCUT2D eigenvalue weighted by molar-refractivity contribution is -0.150. The summed E-state index contributed by atoms with van der Waals surface area (Å²) in [7, 11) is 0. The number of carbonyl (C=O) groups excluding carboxylic acids is 1. The fourth-order valence-electron chi connectivity index (χ4n) is 2.33. The summed E-state index contributed by atoms with van der Waals surface area (Å²) in [6.07, 6.45) is -5.90. The van der Waals surface area contributed by atoms with Gasteiger partial charge in [-0.25, -0.2) is 9.59 Å². The molecule has 0 aliphatic rings. The van der Waals surface area contributed by atoms with Gasteiger partial charge in [0.15, 0.2) is 17.6 Å². The zero-order chi connectivity index (χ0) is 21.8. The van der Waals surface area contributed by atoms with Gasteiger partial charge in [-0.1, -0.05) is 23.7 Å². The highest BCUT2D eigenvalue weighted by Gasteiger charge is 2.37. The smallest absolute Gasteiger partial charge is 0.417 e. The molecule has 2 aromatic carbocycles. The number of ether oxygens (including phenoxy) is 3. The SMILES string of the molecule is CCOC(=O)C(C)Oc1ccccc1Oc1ccc(C(F)(F)F)c(C(=O)O)c1Cl. The predicted molar refractivity (Wildman–Crippen MR) is 96.7 cm³/mol. The number of carboxylic acids is 1. The van der Waals surface area contributed by atoms with E-state index in [4.69, 9.17) is 30.9 Å². The standard InChI is InChI=1S/C19H16ClF3O6/c1-3-27-18(26)10(2)28-12-6-4-5-7-13(12)29-14-9-8-11(19(21,22)23)15(16(14)20)17(24)25/h4-10H,3H2,1-2H3,(H,24,25). The van der Waals surface area contributed by atoms with Crippen LogP contribution in [0.4, 0.5) is 13.2 Å². The van der Waals surface area contributed by atoms with Crippen molar-refractivity contribution in [3.8, 4) is 17.2 Å². The van der Waals surface area contributed by atoms with E-state index >= 15 is 0 Å². The minimum Gasteiger partial charge on any atom is -0.478 e. The zero-order valence-electron chi connectivity index (χ0n) is 15.2. The molecule has 6 nitrogen and oxygen atoms in total. The lowest BCUT2D eigenvalue weighted by Crippen LogP contribution is -2.26. The van der Waals surface area contributed by atoms with Gasteiger partial charge >= 0.3 is 18.1 Å². The van der Waals surface area contributed by atoms with Crippen LogP contribution in [0.2, 0.25) is 5.02 Å². The Balaban J connectivity index is 2.39. The third kappa shape index (κ3) is 5.32. The maximum Gasteiger partial charge on any atom is 0.417 e. The number of esters is 1. The van der Waals surface area contributed by atoms with Crippen molar-refractivity contribution in [2.75, 3.05) is 6.61 Å². The number of aromatic carboxylic acids is 1. The van der Waals surface area contributed by atoms with Crippen molar-refractivity contribution in [2.45, 2.75) is 26.1 Å². The highest BCUT2D eigenvalue weighted by atomic mass is 35.5. The van der Waals surface area contributed by atoms with Crippen molar-refractivity contribution in [3.63, 3.8) is 0 Å². The summed E-state index contributed by atoms with van der Waals surface area (Å²) >= 11 is 5.89. The largest absolute Gasteiger partial charge is 0.478 e. The van der Waals surface area contributed by atoms with Crippen molar-refractivity contribution in [1.82, 2.24) is 0 Å². The molecular formula is C19H16ClF3O6. The van der Waals surface area contributed by atoms with Crippen LogP contribution in [0.5, 0.6) is 17.2 Å². The molecule has 0 aromatic heterocycles. The number of rotatable bonds is 7. The molecule has 2 aromatic rings. The molecule has 0 bridgehead atoms. The maximum atomic E-state index is 13.1.